The molecule has 178 valence electrons. The maximum atomic E-state index is 14.8. The van der Waals surface area contributed by atoms with E-state index in [1.165, 1.54) is 0 Å². The van der Waals surface area contributed by atoms with Gasteiger partial charge in [-0.25, -0.2) is 13.2 Å². The Morgan fingerprint density at radius 3 is 1.91 bits per heavy atom. The van der Waals surface area contributed by atoms with Crippen molar-refractivity contribution in [3.8, 4) is 22.3 Å². The maximum absolute atomic E-state index is 14.8. The van der Waals surface area contributed by atoms with Crippen molar-refractivity contribution in [3.05, 3.63) is 119 Å². The van der Waals surface area contributed by atoms with Crippen molar-refractivity contribution in [2.24, 2.45) is 0 Å². The van der Waals surface area contributed by atoms with Gasteiger partial charge in [0.1, 0.15) is 5.82 Å². The summed E-state index contributed by atoms with van der Waals surface area (Å²) in [5.41, 5.74) is 5.36. The van der Waals surface area contributed by atoms with Crippen LogP contribution in [0.2, 0.25) is 0 Å². The van der Waals surface area contributed by atoms with Crippen molar-refractivity contribution in [1.82, 2.24) is 0 Å². The van der Waals surface area contributed by atoms with Gasteiger partial charge < -0.3 is 0 Å². The molecule has 4 aromatic rings. The molecule has 0 aliphatic rings. The molecule has 0 N–H and O–H groups in total. The molecule has 35 heavy (non-hydrogen) atoms. The Kier molecular flexibility index (Phi) is 7.87. The van der Waals surface area contributed by atoms with Crippen molar-refractivity contribution in [1.29, 1.82) is 0 Å². The van der Waals surface area contributed by atoms with E-state index in [0.717, 1.165) is 47.9 Å². The highest BCUT2D eigenvalue weighted by Gasteiger charge is 2.13. The van der Waals surface area contributed by atoms with Gasteiger partial charge in [-0.05, 0) is 53.1 Å². The summed E-state index contributed by atoms with van der Waals surface area (Å²) in [5, 5.41) is 0. The van der Waals surface area contributed by atoms with Gasteiger partial charge in [-0.1, -0.05) is 105 Å². The third-order valence-corrected chi connectivity index (χ3v) is 6.31. The van der Waals surface area contributed by atoms with Crippen LogP contribution in [0.25, 0.3) is 34.4 Å². The first-order valence-corrected chi connectivity index (χ1v) is 12.1. The Hall–Kier alpha value is -3.59. The minimum absolute atomic E-state index is 0.175. The minimum Gasteiger partial charge on any atom is -0.206 e. The van der Waals surface area contributed by atoms with Crippen molar-refractivity contribution in [2.75, 3.05) is 0 Å². The first-order chi connectivity index (χ1) is 17.0. The average molecular weight is 471 g/mol. The second kappa shape index (κ2) is 11.2. The zero-order chi connectivity index (χ0) is 24.8. The molecular formula is C32H29F3. The van der Waals surface area contributed by atoms with Gasteiger partial charge in [0.05, 0.1) is 0 Å². The summed E-state index contributed by atoms with van der Waals surface area (Å²) in [7, 11) is 0. The van der Waals surface area contributed by atoms with Crippen LogP contribution in [0, 0.1) is 17.5 Å². The molecule has 0 nitrogen and oxygen atoms in total. The summed E-state index contributed by atoms with van der Waals surface area (Å²) < 4.78 is 44.2. The summed E-state index contributed by atoms with van der Waals surface area (Å²) >= 11 is 0. The molecule has 0 atom stereocenters. The predicted molar refractivity (Wildman–Crippen MR) is 141 cm³/mol. The Labute approximate surface area is 205 Å². The molecule has 0 heterocycles. The van der Waals surface area contributed by atoms with E-state index in [9.17, 15) is 13.2 Å². The highest BCUT2D eigenvalue weighted by Crippen LogP contribution is 2.28. The number of halogens is 3. The third kappa shape index (κ3) is 5.74. The fourth-order valence-electron chi connectivity index (χ4n) is 4.12. The molecule has 0 aliphatic carbocycles. The highest BCUT2D eigenvalue weighted by atomic mass is 19.2. The van der Waals surface area contributed by atoms with Crippen molar-refractivity contribution in [2.45, 2.75) is 39.5 Å². The number of benzene rings is 4. The number of unbranched alkanes of at least 4 members (excludes halogenated alkanes) is 1. The van der Waals surface area contributed by atoms with Crippen LogP contribution in [0.4, 0.5) is 13.2 Å². The van der Waals surface area contributed by atoms with Gasteiger partial charge in [-0.15, -0.1) is 0 Å². The van der Waals surface area contributed by atoms with Crippen LogP contribution in [0.15, 0.2) is 78.9 Å². The van der Waals surface area contributed by atoms with Crippen molar-refractivity contribution < 1.29 is 13.2 Å². The Balaban J connectivity index is 1.51. The smallest absolute Gasteiger partial charge is 0.167 e. The molecule has 0 aliphatic heterocycles. The zero-order valence-corrected chi connectivity index (χ0v) is 20.1. The fraction of sp³-hybridized carbons (Fsp3) is 0.188. The summed E-state index contributed by atoms with van der Waals surface area (Å²) in [6, 6.07) is 23.4. The number of hydrogen-bond acceptors (Lipinski definition) is 0. The average Bonchev–Trinajstić information content (AvgIpc) is 2.89. The van der Waals surface area contributed by atoms with Gasteiger partial charge in [0.25, 0.3) is 0 Å². The van der Waals surface area contributed by atoms with Gasteiger partial charge in [0.15, 0.2) is 11.6 Å². The summed E-state index contributed by atoms with van der Waals surface area (Å²) in [4.78, 5) is 0. The second-order valence-corrected chi connectivity index (χ2v) is 8.75. The van der Waals surface area contributed by atoms with E-state index in [0.29, 0.717) is 11.1 Å². The highest BCUT2D eigenvalue weighted by molar-refractivity contribution is 5.74. The molecule has 0 aromatic heterocycles. The lowest BCUT2D eigenvalue weighted by atomic mass is 9.99. The van der Waals surface area contributed by atoms with E-state index < -0.39 is 11.6 Å². The first-order valence-electron chi connectivity index (χ1n) is 12.1. The van der Waals surface area contributed by atoms with E-state index in [-0.39, 0.29) is 16.9 Å². The van der Waals surface area contributed by atoms with Gasteiger partial charge in [-0.2, -0.15) is 0 Å². The number of hydrogen-bond donors (Lipinski definition) is 0. The molecule has 4 rings (SSSR count). The van der Waals surface area contributed by atoms with Crippen LogP contribution < -0.4 is 0 Å². The molecule has 0 spiro atoms. The van der Waals surface area contributed by atoms with Crippen LogP contribution in [-0.2, 0) is 12.8 Å². The first kappa shape index (κ1) is 24.5. The topological polar surface area (TPSA) is 0 Å². The molecule has 0 bridgehead atoms. The van der Waals surface area contributed by atoms with Crippen LogP contribution in [0.3, 0.4) is 0 Å². The van der Waals surface area contributed by atoms with Crippen molar-refractivity contribution in [3.63, 3.8) is 0 Å². The third-order valence-electron chi connectivity index (χ3n) is 6.31. The molecule has 0 saturated heterocycles. The fourth-order valence-corrected chi connectivity index (χ4v) is 4.12. The second-order valence-electron chi connectivity index (χ2n) is 8.75. The lowest BCUT2D eigenvalue weighted by molar-refractivity contribution is 0.509. The van der Waals surface area contributed by atoms with E-state index in [1.54, 1.807) is 30.4 Å². The van der Waals surface area contributed by atoms with Crippen molar-refractivity contribution >= 4 is 12.2 Å². The van der Waals surface area contributed by atoms with Crippen LogP contribution in [-0.4, -0.2) is 0 Å². The molecule has 4 aromatic carbocycles. The normalized spacial score (nSPS) is 11.3. The van der Waals surface area contributed by atoms with E-state index >= 15 is 0 Å². The monoisotopic (exact) mass is 470 g/mol. The maximum Gasteiger partial charge on any atom is 0.167 e. The molecular weight excluding hydrogens is 441 g/mol. The summed E-state index contributed by atoms with van der Waals surface area (Å²) in [6.45, 7) is 4.17. The quantitative estimate of drug-likeness (QED) is 0.225. The van der Waals surface area contributed by atoms with Gasteiger partial charge in [-0.3, -0.25) is 0 Å². The van der Waals surface area contributed by atoms with Crippen LogP contribution in [0.1, 0.15) is 48.9 Å². The van der Waals surface area contributed by atoms with Crippen LogP contribution in [0.5, 0.6) is 0 Å². The number of rotatable bonds is 8. The van der Waals surface area contributed by atoms with Crippen LogP contribution >= 0.6 is 0 Å². The lowest BCUT2D eigenvalue weighted by Crippen LogP contribution is -1.93. The lowest BCUT2D eigenvalue weighted by Gasteiger charge is -2.08. The van der Waals surface area contributed by atoms with Gasteiger partial charge in [0, 0.05) is 16.7 Å². The minimum atomic E-state index is -0.875. The summed E-state index contributed by atoms with van der Waals surface area (Å²) in [5.74, 6) is -1.96. The SMILES string of the molecule is CCCCc1ccc(-c2ccc(/C=C/c3ccc(-c4ccc(CC)cc4)c(F)c3F)cc2)c(F)c1. The molecule has 0 radical (unpaired) electrons. The van der Waals surface area contributed by atoms with Gasteiger partial charge >= 0.3 is 0 Å². The molecule has 0 fully saturated rings. The number of aryl methyl sites for hydroxylation is 2. The zero-order valence-electron chi connectivity index (χ0n) is 20.1. The predicted octanol–water partition coefficient (Wildman–Crippen LogP) is 9.51. The Morgan fingerprint density at radius 1 is 0.629 bits per heavy atom. The molecule has 0 amide bonds. The molecule has 0 unspecified atom stereocenters. The standard InChI is InChI=1S/C32H29F3/c1-3-5-6-24-12-19-28(30(33)21-24)25-15-9-23(10-16-25)11-17-27-18-20-29(32(35)31(27)34)26-13-7-22(4-2)8-14-26/h7-21H,3-6H2,1-2H3/b17-11+. The molecule has 3 heteroatoms. The van der Waals surface area contributed by atoms with E-state index in [1.807, 2.05) is 67.6 Å². The van der Waals surface area contributed by atoms with E-state index in [2.05, 4.69) is 6.92 Å². The Morgan fingerprint density at radius 2 is 1.26 bits per heavy atom. The molecule has 0 saturated carbocycles. The summed E-state index contributed by atoms with van der Waals surface area (Å²) in [6.07, 6.45) is 7.16. The van der Waals surface area contributed by atoms with E-state index in [4.69, 9.17) is 0 Å². The van der Waals surface area contributed by atoms with Gasteiger partial charge in [0.2, 0.25) is 0 Å². The Bertz CT molecular complexity index is 1320. The largest absolute Gasteiger partial charge is 0.206 e.